The van der Waals surface area contributed by atoms with E-state index >= 15 is 0 Å². The van der Waals surface area contributed by atoms with Crippen molar-refractivity contribution in [2.75, 3.05) is 72.0 Å². The molecular formula is C33H43ClN6O5. The quantitative estimate of drug-likeness (QED) is 0.287. The number of piperazine rings is 1. The average molecular weight is 639 g/mol. The van der Waals surface area contributed by atoms with Crippen molar-refractivity contribution < 1.29 is 19.0 Å². The molecule has 0 bridgehead atoms. The van der Waals surface area contributed by atoms with Crippen molar-refractivity contribution >= 4 is 34.5 Å². The summed E-state index contributed by atoms with van der Waals surface area (Å²) in [6.07, 6.45) is 6.21. The first-order valence-electron chi connectivity index (χ1n) is 15.6. The van der Waals surface area contributed by atoms with Crippen LogP contribution in [0, 0.1) is 5.92 Å². The van der Waals surface area contributed by atoms with Crippen molar-refractivity contribution in [3.63, 3.8) is 0 Å². The number of hydrogen-bond donors (Lipinski definition) is 1. The number of anilines is 1. The van der Waals surface area contributed by atoms with Crippen LogP contribution in [0.1, 0.15) is 33.1 Å². The van der Waals surface area contributed by atoms with E-state index in [-0.39, 0.29) is 11.5 Å². The number of allylic oxidation sites excluding steroid dienone is 1. The SMILES string of the molecule is COc1cc(OC)c(Cl)c(-c2cc3cnc(NCCC4CCOC4)nc3n(CCCN3CCN(C(=O)C=C(C)C)CC3)c2=O)c1. The van der Waals surface area contributed by atoms with Crippen LogP contribution in [-0.4, -0.2) is 96.9 Å². The number of carbonyl (C=O) groups excluding carboxylic acids is 1. The molecule has 0 spiro atoms. The Morgan fingerprint density at radius 1 is 1.11 bits per heavy atom. The van der Waals surface area contributed by atoms with Gasteiger partial charge in [0.25, 0.3) is 5.56 Å². The van der Waals surface area contributed by atoms with E-state index < -0.39 is 0 Å². The monoisotopic (exact) mass is 638 g/mol. The number of carbonyl (C=O) groups is 1. The van der Waals surface area contributed by atoms with Crippen molar-refractivity contribution in [2.24, 2.45) is 5.92 Å². The molecule has 11 nitrogen and oxygen atoms in total. The van der Waals surface area contributed by atoms with Gasteiger partial charge >= 0.3 is 0 Å². The van der Waals surface area contributed by atoms with E-state index in [4.69, 9.17) is 30.8 Å². The minimum atomic E-state index is -0.204. The molecule has 242 valence electrons. The molecule has 1 amide bonds. The predicted octanol–water partition coefficient (Wildman–Crippen LogP) is 4.47. The van der Waals surface area contributed by atoms with Gasteiger partial charge in [-0.1, -0.05) is 17.2 Å². The Morgan fingerprint density at radius 2 is 1.91 bits per heavy atom. The van der Waals surface area contributed by atoms with E-state index in [1.54, 1.807) is 42.1 Å². The average Bonchev–Trinajstić information content (AvgIpc) is 3.56. The maximum Gasteiger partial charge on any atom is 0.260 e. The zero-order chi connectivity index (χ0) is 31.9. The fourth-order valence-electron chi connectivity index (χ4n) is 5.86. The number of fused-ring (bicyclic) bond motifs is 1. The third kappa shape index (κ3) is 7.95. The first kappa shape index (κ1) is 32.7. The number of aryl methyl sites for hydroxylation is 1. The Morgan fingerprint density at radius 3 is 2.60 bits per heavy atom. The molecule has 2 aromatic heterocycles. The number of rotatable bonds is 12. The Bertz CT molecular complexity index is 1590. The lowest BCUT2D eigenvalue weighted by molar-refractivity contribution is -0.127. The van der Waals surface area contributed by atoms with Crippen LogP contribution in [-0.2, 0) is 16.1 Å². The minimum absolute atomic E-state index is 0.0676. The second-order valence-corrected chi connectivity index (χ2v) is 12.2. The largest absolute Gasteiger partial charge is 0.497 e. The molecule has 2 saturated heterocycles. The topological polar surface area (TPSA) is 111 Å². The van der Waals surface area contributed by atoms with Crippen LogP contribution in [0.2, 0.25) is 5.02 Å². The molecular weight excluding hydrogens is 596 g/mol. The number of aromatic nitrogens is 3. The lowest BCUT2D eigenvalue weighted by atomic mass is 10.0. The molecule has 45 heavy (non-hydrogen) atoms. The fraction of sp³-hybridized carbons (Fsp3) is 0.515. The number of methoxy groups -OCH3 is 2. The molecule has 2 aliphatic heterocycles. The molecule has 0 aliphatic carbocycles. The Labute approximate surface area is 269 Å². The lowest BCUT2D eigenvalue weighted by Crippen LogP contribution is -2.48. The van der Waals surface area contributed by atoms with Crippen molar-refractivity contribution in [1.82, 2.24) is 24.3 Å². The van der Waals surface area contributed by atoms with E-state index in [1.165, 1.54) is 7.11 Å². The summed E-state index contributed by atoms with van der Waals surface area (Å²) in [5.41, 5.74) is 2.30. The van der Waals surface area contributed by atoms with Gasteiger partial charge in [-0.25, -0.2) is 4.98 Å². The van der Waals surface area contributed by atoms with Gasteiger partial charge in [-0.3, -0.25) is 19.1 Å². The molecule has 3 aromatic rings. The summed E-state index contributed by atoms with van der Waals surface area (Å²) in [6, 6.07) is 5.23. The molecule has 0 radical (unpaired) electrons. The Kier molecular flexibility index (Phi) is 11.0. The van der Waals surface area contributed by atoms with Crippen LogP contribution in [0.4, 0.5) is 5.95 Å². The van der Waals surface area contributed by atoms with Crippen molar-refractivity contribution in [2.45, 2.75) is 39.7 Å². The van der Waals surface area contributed by atoms with Crippen molar-refractivity contribution in [1.29, 1.82) is 0 Å². The molecule has 1 N–H and O–H groups in total. The summed E-state index contributed by atoms with van der Waals surface area (Å²) < 4.78 is 18.2. The van der Waals surface area contributed by atoms with Gasteiger partial charge in [-0.05, 0) is 57.7 Å². The second kappa shape index (κ2) is 15.1. The molecule has 1 unspecified atom stereocenters. The summed E-state index contributed by atoms with van der Waals surface area (Å²) in [4.78, 5) is 40.2. The number of hydrogen-bond acceptors (Lipinski definition) is 9. The van der Waals surface area contributed by atoms with Crippen LogP contribution in [0.15, 0.2) is 40.8 Å². The molecule has 2 aliphatic rings. The van der Waals surface area contributed by atoms with Gasteiger partial charge in [0.15, 0.2) is 0 Å². The summed E-state index contributed by atoms with van der Waals surface area (Å²) in [7, 11) is 3.09. The standard InChI is InChI=1S/C33H43ClN6O5/c1-22(2)16-29(41)39-13-11-38(12-14-39)9-5-10-40-31-24(20-36-33(37-31)35-8-6-23-7-15-45-21-23)17-27(32(40)42)26-18-25(43-3)19-28(44-4)30(26)34/h16-20,23H,5-15,21H2,1-4H3,(H,35,36,37). The summed E-state index contributed by atoms with van der Waals surface area (Å²) in [6.45, 7) is 10.4. The molecule has 5 rings (SSSR count). The smallest absolute Gasteiger partial charge is 0.260 e. The predicted molar refractivity (Wildman–Crippen MR) is 176 cm³/mol. The summed E-state index contributed by atoms with van der Waals surface area (Å²) in [5, 5.41) is 4.39. The maximum atomic E-state index is 14.2. The number of nitrogens with zero attached hydrogens (tertiary/aromatic N) is 5. The van der Waals surface area contributed by atoms with Crippen molar-refractivity contribution in [3.05, 3.63) is 51.4 Å². The van der Waals surface area contributed by atoms with Crippen LogP contribution in [0.25, 0.3) is 22.2 Å². The normalized spacial score (nSPS) is 17.0. The number of amides is 1. The first-order valence-corrected chi connectivity index (χ1v) is 16.0. The lowest BCUT2D eigenvalue weighted by Gasteiger charge is -2.34. The van der Waals surface area contributed by atoms with E-state index in [2.05, 4.69) is 15.2 Å². The van der Waals surface area contributed by atoms with Crippen LogP contribution in [0.5, 0.6) is 11.5 Å². The zero-order valence-electron chi connectivity index (χ0n) is 26.6. The summed E-state index contributed by atoms with van der Waals surface area (Å²) >= 11 is 6.73. The maximum absolute atomic E-state index is 14.2. The number of pyridine rings is 1. The zero-order valence-corrected chi connectivity index (χ0v) is 27.4. The highest BCUT2D eigenvalue weighted by molar-refractivity contribution is 6.35. The van der Waals surface area contributed by atoms with E-state index in [0.717, 1.165) is 69.6 Å². The molecule has 1 aromatic carbocycles. The molecule has 4 heterocycles. The van der Waals surface area contributed by atoms with Gasteiger partial charge < -0.3 is 24.4 Å². The van der Waals surface area contributed by atoms with Gasteiger partial charge in [0, 0.05) is 87.3 Å². The fourth-order valence-corrected chi connectivity index (χ4v) is 6.15. The summed E-state index contributed by atoms with van der Waals surface area (Å²) in [5.74, 6) is 2.04. The van der Waals surface area contributed by atoms with E-state index in [1.807, 2.05) is 18.7 Å². The van der Waals surface area contributed by atoms with Crippen molar-refractivity contribution in [3.8, 4) is 22.6 Å². The molecule has 0 saturated carbocycles. The third-order valence-electron chi connectivity index (χ3n) is 8.40. The van der Waals surface area contributed by atoms with Crippen LogP contribution in [0.3, 0.4) is 0 Å². The van der Waals surface area contributed by atoms with Gasteiger partial charge in [-0.2, -0.15) is 4.98 Å². The molecule has 12 heteroatoms. The molecule has 2 fully saturated rings. The van der Waals surface area contributed by atoms with E-state index in [0.29, 0.717) is 64.8 Å². The Hall–Kier alpha value is -3.67. The third-order valence-corrected chi connectivity index (χ3v) is 8.79. The van der Waals surface area contributed by atoms with Crippen LogP contribution >= 0.6 is 11.6 Å². The second-order valence-electron chi connectivity index (χ2n) is 11.9. The van der Waals surface area contributed by atoms with E-state index in [9.17, 15) is 9.59 Å². The van der Waals surface area contributed by atoms with Gasteiger partial charge in [0.1, 0.15) is 17.1 Å². The minimum Gasteiger partial charge on any atom is -0.497 e. The van der Waals surface area contributed by atoms with Gasteiger partial charge in [-0.15, -0.1) is 0 Å². The van der Waals surface area contributed by atoms with Gasteiger partial charge in [0.2, 0.25) is 11.9 Å². The Balaban J connectivity index is 1.40. The first-order chi connectivity index (χ1) is 21.8. The van der Waals surface area contributed by atoms with Crippen LogP contribution < -0.4 is 20.3 Å². The number of ether oxygens (including phenoxy) is 3. The van der Waals surface area contributed by atoms with Gasteiger partial charge in [0.05, 0.1) is 19.2 Å². The highest BCUT2D eigenvalue weighted by atomic mass is 35.5. The highest BCUT2D eigenvalue weighted by Crippen LogP contribution is 2.38. The number of benzene rings is 1. The molecule has 1 atom stereocenters. The number of halogens is 1. The highest BCUT2D eigenvalue weighted by Gasteiger charge is 2.22. The number of nitrogens with one attached hydrogen (secondary N) is 1.